The largest absolute Gasteiger partial charge is 0.304 e. The van der Waals surface area contributed by atoms with Crippen molar-refractivity contribution in [1.29, 1.82) is 0 Å². The molecule has 0 aliphatic heterocycles. The van der Waals surface area contributed by atoms with Crippen LogP contribution in [0.4, 0.5) is 0 Å². The molecular weight excluding hydrogens is 437 g/mol. The molecule has 0 aliphatic rings. The second-order valence-electron chi connectivity index (χ2n) is 5.07. The summed E-state index contributed by atoms with van der Waals surface area (Å²) in [6, 6.07) is 8.06. The van der Waals surface area contributed by atoms with Crippen molar-refractivity contribution in [2.45, 2.75) is 11.3 Å². The van der Waals surface area contributed by atoms with Gasteiger partial charge in [0.1, 0.15) is 0 Å². The third-order valence-electron chi connectivity index (χ3n) is 3.32. The normalized spacial score (nSPS) is 12.0. The fraction of sp³-hybridized carbons (Fsp3) is 0.133. The van der Waals surface area contributed by atoms with Crippen LogP contribution in [-0.4, -0.2) is 24.3 Å². The first-order chi connectivity index (χ1) is 11.3. The predicted molar refractivity (Wildman–Crippen MR) is 98.2 cm³/mol. The molecule has 126 valence electrons. The molecule has 0 saturated heterocycles. The number of aromatic nitrogens is 2. The average Bonchev–Trinajstić information content (AvgIpc) is 2.90. The highest BCUT2D eigenvalue weighted by molar-refractivity contribution is 9.10. The summed E-state index contributed by atoms with van der Waals surface area (Å²) in [5.41, 5.74) is 1.31. The Bertz CT molecular complexity index is 988. The van der Waals surface area contributed by atoms with Gasteiger partial charge in [0.25, 0.3) is 0 Å². The Balaban J connectivity index is 1.70. The van der Waals surface area contributed by atoms with Crippen molar-refractivity contribution in [2.75, 3.05) is 6.54 Å². The van der Waals surface area contributed by atoms with Gasteiger partial charge in [-0.1, -0.05) is 39.1 Å². The van der Waals surface area contributed by atoms with Crippen molar-refractivity contribution in [2.24, 2.45) is 0 Å². The summed E-state index contributed by atoms with van der Waals surface area (Å²) in [6.07, 6.45) is 3.91. The highest BCUT2D eigenvalue weighted by Gasteiger charge is 2.14. The number of fused-ring (bicyclic) bond motifs is 1. The second-order valence-corrected chi connectivity index (χ2v) is 8.60. The molecular formula is C15H12BrCl2N3O2S. The first-order valence-electron chi connectivity index (χ1n) is 6.93. The van der Waals surface area contributed by atoms with Gasteiger partial charge in [0.15, 0.2) is 5.65 Å². The van der Waals surface area contributed by atoms with Gasteiger partial charge in [-0.15, -0.1) is 0 Å². The molecule has 2 aromatic heterocycles. The Morgan fingerprint density at radius 2 is 1.88 bits per heavy atom. The van der Waals surface area contributed by atoms with Crippen molar-refractivity contribution in [3.8, 4) is 0 Å². The van der Waals surface area contributed by atoms with E-state index in [2.05, 4.69) is 25.6 Å². The third-order valence-corrected chi connectivity index (χ3v) is 5.81. The molecule has 5 nitrogen and oxygen atoms in total. The minimum absolute atomic E-state index is 0.218. The van der Waals surface area contributed by atoms with Gasteiger partial charge in [0.05, 0.1) is 20.6 Å². The van der Waals surface area contributed by atoms with Gasteiger partial charge in [-0.25, -0.2) is 18.1 Å². The van der Waals surface area contributed by atoms with Crippen LogP contribution in [0.2, 0.25) is 10.0 Å². The molecule has 2 heterocycles. The number of rotatable bonds is 5. The monoisotopic (exact) mass is 447 g/mol. The molecule has 0 unspecified atom stereocenters. The van der Waals surface area contributed by atoms with E-state index in [1.807, 2.05) is 0 Å². The molecule has 0 atom stereocenters. The lowest BCUT2D eigenvalue weighted by Gasteiger charge is -2.05. The van der Waals surface area contributed by atoms with Crippen molar-refractivity contribution in [3.63, 3.8) is 0 Å². The Kier molecular flexibility index (Phi) is 5.17. The minimum atomic E-state index is -3.54. The van der Waals surface area contributed by atoms with Crippen molar-refractivity contribution in [3.05, 3.63) is 62.9 Å². The Morgan fingerprint density at radius 3 is 2.58 bits per heavy atom. The number of nitrogens with one attached hydrogen (secondary N) is 1. The van der Waals surface area contributed by atoms with Crippen LogP contribution in [-0.2, 0) is 16.4 Å². The maximum absolute atomic E-state index is 12.2. The summed E-state index contributed by atoms with van der Waals surface area (Å²) in [5.74, 6) is 0. The summed E-state index contributed by atoms with van der Waals surface area (Å²) in [4.78, 5) is 4.61. The van der Waals surface area contributed by atoms with Gasteiger partial charge >= 0.3 is 0 Å². The van der Waals surface area contributed by atoms with E-state index in [-0.39, 0.29) is 11.4 Å². The van der Waals surface area contributed by atoms with Crippen molar-refractivity contribution < 1.29 is 8.42 Å². The maximum atomic E-state index is 12.2. The molecule has 0 amide bonds. The molecule has 3 aromatic rings. The fourth-order valence-corrected chi connectivity index (χ4v) is 4.03. The molecule has 3 rings (SSSR count). The summed E-state index contributed by atoms with van der Waals surface area (Å²) in [6.45, 7) is 0.230. The van der Waals surface area contributed by atoms with Gasteiger partial charge in [-0.3, -0.25) is 0 Å². The van der Waals surface area contributed by atoms with E-state index in [0.29, 0.717) is 22.1 Å². The molecule has 1 aromatic carbocycles. The lowest BCUT2D eigenvalue weighted by atomic mass is 10.3. The summed E-state index contributed by atoms with van der Waals surface area (Å²) < 4.78 is 29.5. The maximum Gasteiger partial charge on any atom is 0.240 e. The highest BCUT2D eigenvalue weighted by Crippen LogP contribution is 2.22. The van der Waals surface area contributed by atoms with E-state index in [9.17, 15) is 8.42 Å². The molecule has 0 radical (unpaired) electrons. The number of halogens is 3. The van der Waals surface area contributed by atoms with E-state index in [0.717, 1.165) is 10.2 Å². The second kappa shape index (κ2) is 7.01. The zero-order valence-corrected chi connectivity index (χ0v) is 16.1. The summed E-state index contributed by atoms with van der Waals surface area (Å²) in [7, 11) is -3.54. The van der Waals surface area contributed by atoms with Crippen LogP contribution >= 0.6 is 39.1 Å². The Morgan fingerprint density at radius 1 is 1.17 bits per heavy atom. The van der Waals surface area contributed by atoms with Crippen molar-refractivity contribution >= 4 is 54.8 Å². The van der Waals surface area contributed by atoms with Gasteiger partial charge < -0.3 is 4.40 Å². The number of hydrogen-bond acceptors (Lipinski definition) is 3. The van der Waals surface area contributed by atoms with Gasteiger partial charge in [-0.2, -0.15) is 0 Å². The minimum Gasteiger partial charge on any atom is -0.304 e. The lowest BCUT2D eigenvalue weighted by molar-refractivity contribution is 0.581. The lowest BCUT2D eigenvalue weighted by Crippen LogP contribution is -2.26. The van der Waals surface area contributed by atoms with Crippen LogP contribution in [0.5, 0.6) is 0 Å². The van der Waals surface area contributed by atoms with E-state index in [1.54, 1.807) is 47.1 Å². The molecule has 0 fully saturated rings. The average molecular weight is 449 g/mol. The van der Waals surface area contributed by atoms with Crippen LogP contribution in [0, 0.1) is 0 Å². The number of hydrogen-bond donors (Lipinski definition) is 1. The van der Waals surface area contributed by atoms with Gasteiger partial charge in [0.2, 0.25) is 10.0 Å². The predicted octanol–water partition coefficient (Wildman–Crippen LogP) is 3.92. The van der Waals surface area contributed by atoms with E-state index in [1.165, 1.54) is 0 Å². The van der Waals surface area contributed by atoms with Crippen LogP contribution < -0.4 is 4.72 Å². The van der Waals surface area contributed by atoms with Gasteiger partial charge in [-0.05, 0) is 30.3 Å². The number of imidazole rings is 1. The van der Waals surface area contributed by atoms with Crippen LogP contribution in [0.1, 0.15) is 5.69 Å². The number of pyridine rings is 1. The van der Waals surface area contributed by atoms with Crippen molar-refractivity contribution in [1.82, 2.24) is 14.1 Å². The number of sulfonamides is 1. The quantitative estimate of drug-likeness (QED) is 0.643. The Hall–Kier alpha value is -1.12. The topological polar surface area (TPSA) is 63.5 Å². The fourth-order valence-electron chi connectivity index (χ4n) is 2.21. The van der Waals surface area contributed by atoms with E-state index >= 15 is 0 Å². The molecule has 9 heteroatoms. The summed E-state index contributed by atoms with van der Waals surface area (Å²) in [5, 5.41) is 0.955. The van der Waals surface area contributed by atoms with Crippen LogP contribution in [0.25, 0.3) is 5.65 Å². The number of benzene rings is 1. The highest BCUT2D eigenvalue weighted by atomic mass is 79.9. The third kappa shape index (κ3) is 3.92. The zero-order valence-electron chi connectivity index (χ0n) is 12.2. The first-order valence-corrected chi connectivity index (χ1v) is 9.96. The van der Waals surface area contributed by atoms with E-state index < -0.39 is 10.0 Å². The number of nitrogens with zero attached hydrogens (tertiary/aromatic N) is 2. The molecule has 1 N–H and O–H groups in total. The zero-order chi connectivity index (χ0) is 17.3. The summed E-state index contributed by atoms with van der Waals surface area (Å²) >= 11 is 15.3. The van der Waals surface area contributed by atoms with Crippen LogP contribution in [0.3, 0.4) is 0 Å². The first kappa shape index (κ1) is 17.7. The van der Waals surface area contributed by atoms with E-state index in [4.69, 9.17) is 23.2 Å². The SMILES string of the molecule is O=S(=O)(NCCc1cn2cc(Cl)cc(Cl)c2n1)c1ccc(Br)cc1. The molecule has 24 heavy (non-hydrogen) atoms. The molecule has 0 saturated carbocycles. The molecule has 0 bridgehead atoms. The Labute approximate surface area is 157 Å². The standard InChI is InChI=1S/C15H12BrCl2N3O2S/c16-10-1-3-13(4-2-10)24(22,23)19-6-5-12-9-21-8-11(17)7-14(18)15(21)20-12/h1-4,7-9,19H,5-6H2. The van der Waals surface area contributed by atoms with Gasteiger partial charge in [0, 0.05) is 29.8 Å². The smallest absolute Gasteiger partial charge is 0.240 e. The molecule has 0 aliphatic carbocycles. The molecule has 0 spiro atoms. The van der Waals surface area contributed by atoms with Crippen LogP contribution in [0.15, 0.2) is 52.1 Å².